The molecule has 0 spiro atoms. The van der Waals surface area contributed by atoms with Crippen LogP contribution in [0.2, 0.25) is 0 Å². The van der Waals surface area contributed by atoms with E-state index in [1.165, 1.54) is 32.3 Å². The minimum atomic E-state index is -3.42. The summed E-state index contributed by atoms with van der Waals surface area (Å²) in [4.78, 5) is 0. The van der Waals surface area contributed by atoms with Gasteiger partial charge in [0.2, 0.25) is 0 Å². The highest BCUT2D eigenvalue weighted by Gasteiger charge is 2.34. The van der Waals surface area contributed by atoms with Gasteiger partial charge in [-0.15, -0.1) is 0 Å². The lowest BCUT2D eigenvalue weighted by Gasteiger charge is -2.25. The van der Waals surface area contributed by atoms with Crippen molar-refractivity contribution in [1.82, 2.24) is 0 Å². The zero-order valence-electron chi connectivity index (χ0n) is 22.0. The van der Waals surface area contributed by atoms with Crippen LogP contribution >= 0.6 is 7.14 Å². The summed E-state index contributed by atoms with van der Waals surface area (Å²) >= 11 is 0. The van der Waals surface area contributed by atoms with Crippen molar-refractivity contribution in [2.75, 3.05) is 0 Å². The highest BCUT2D eigenvalue weighted by Crippen LogP contribution is 2.49. The summed E-state index contributed by atoms with van der Waals surface area (Å²) in [6, 6.07) is 45.3. The van der Waals surface area contributed by atoms with Gasteiger partial charge in [0, 0.05) is 15.9 Å². The van der Waals surface area contributed by atoms with Gasteiger partial charge >= 0.3 is 0 Å². The van der Waals surface area contributed by atoms with Crippen molar-refractivity contribution in [2.45, 2.75) is 0 Å². The lowest BCUT2D eigenvalue weighted by molar-refractivity contribution is 0.475. The van der Waals surface area contributed by atoms with Crippen molar-refractivity contribution < 1.29 is 9.67 Å². The quantitative estimate of drug-likeness (QED) is 0.179. The number of hydrogen-bond donors (Lipinski definition) is 1. The summed E-state index contributed by atoms with van der Waals surface area (Å²) in [5.74, 6) is 0.158. The van der Waals surface area contributed by atoms with Crippen molar-refractivity contribution in [1.29, 1.82) is 0 Å². The van der Waals surface area contributed by atoms with Gasteiger partial charge in [0.25, 0.3) is 0 Å². The van der Waals surface area contributed by atoms with Crippen LogP contribution < -0.4 is 15.9 Å². The third-order valence-corrected chi connectivity index (χ3v) is 12.1. The van der Waals surface area contributed by atoms with Crippen LogP contribution in [0.25, 0.3) is 64.6 Å². The zero-order chi connectivity index (χ0) is 27.3. The van der Waals surface area contributed by atoms with Gasteiger partial charge in [0.05, 0.1) is 0 Å². The Bertz CT molecular complexity index is 2330. The third kappa shape index (κ3) is 3.00. The molecular formula is C38H23O2P. The average Bonchev–Trinajstić information content (AvgIpc) is 3.02. The van der Waals surface area contributed by atoms with Gasteiger partial charge in [-0.05, 0) is 101 Å². The Balaban J connectivity index is 1.46. The Morgan fingerprint density at radius 2 is 0.756 bits per heavy atom. The van der Waals surface area contributed by atoms with E-state index in [-0.39, 0.29) is 5.75 Å². The predicted octanol–water partition coefficient (Wildman–Crippen LogP) is 8.83. The molecule has 1 N–H and O–H groups in total. The standard InChI is InChI=1S/C38H23O2P/c39-29-15-17-30(18-16-29)41(40,33-21-13-27-9-7-23-3-1-5-25-11-19-31(33)37(27)35(23)25)34-22-14-28-10-8-24-4-2-6-26-12-20-32(34)38(28)36(24)26/h1-22,39H. The molecule has 0 aliphatic carbocycles. The maximum Gasteiger partial charge on any atom is 0.172 e. The first-order valence-electron chi connectivity index (χ1n) is 13.9. The van der Waals surface area contributed by atoms with Crippen LogP contribution in [0.3, 0.4) is 0 Å². The smallest absolute Gasteiger partial charge is 0.172 e. The normalized spacial score (nSPS) is 12.6. The van der Waals surface area contributed by atoms with Crippen molar-refractivity contribution in [3.05, 3.63) is 133 Å². The molecule has 0 fully saturated rings. The Kier molecular flexibility index (Phi) is 4.50. The molecule has 0 unspecified atom stereocenters. The average molecular weight is 543 g/mol. The SMILES string of the molecule is O=P(c1ccc(O)cc1)(c1ccc2ccc3cccc4ccc1c2c34)c1ccc2ccc3cccc4ccc1c2c34. The molecule has 3 heteroatoms. The molecule has 0 aliphatic heterocycles. The highest BCUT2D eigenvalue weighted by atomic mass is 31.2. The molecular weight excluding hydrogens is 519 g/mol. The molecule has 0 heterocycles. The first kappa shape index (κ1) is 22.9. The van der Waals surface area contributed by atoms with Gasteiger partial charge in [0.15, 0.2) is 7.14 Å². The predicted molar refractivity (Wildman–Crippen MR) is 175 cm³/mol. The molecule has 0 saturated carbocycles. The van der Waals surface area contributed by atoms with Crippen LogP contribution in [-0.2, 0) is 4.57 Å². The lowest BCUT2D eigenvalue weighted by atomic mass is 9.94. The fourth-order valence-electron chi connectivity index (χ4n) is 7.06. The number of benzene rings is 9. The van der Waals surface area contributed by atoms with Crippen LogP contribution in [0.15, 0.2) is 133 Å². The van der Waals surface area contributed by atoms with Crippen LogP contribution in [-0.4, -0.2) is 5.11 Å². The van der Waals surface area contributed by atoms with Crippen LogP contribution in [0, 0.1) is 0 Å². The van der Waals surface area contributed by atoms with Crippen LogP contribution in [0.4, 0.5) is 0 Å². The third-order valence-electron chi connectivity index (χ3n) is 8.90. The molecule has 0 aromatic heterocycles. The molecule has 0 bridgehead atoms. The monoisotopic (exact) mass is 542 g/mol. The highest BCUT2D eigenvalue weighted by molar-refractivity contribution is 7.86. The molecule has 0 radical (unpaired) electrons. The fourth-order valence-corrected chi connectivity index (χ4v) is 10.1. The molecule has 9 aromatic rings. The van der Waals surface area contributed by atoms with E-state index in [0.29, 0.717) is 5.30 Å². The van der Waals surface area contributed by atoms with Crippen molar-refractivity contribution in [2.24, 2.45) is 0 Å². The molecule has 2 nitrogen and oxygen atoms in total. The summed E-state index contributed by atoms with van der Waals surface area (Å²) in [5, 5.41) is 26.3. The van der Waals surface area contributed by atoms with Gasteiger partial charge in [-0.2, -0.15) is 0 Å². The Labute approximate surface area is 236 Å². The zero-order valence-corrected chi connectivity index (χ0v) is 22.9. The molecule has 0 aliphatic rings. The second-order valence-electron chi connectivity index (χ2n) is 11.0. The van der Waals surface area contributed by atoms with E-state index in [9.17, 15) is 5.11 Å². The van der Waals surface area contributed by atoms with Crippen molar-refractivity contribution in [3.63, 3.8) is 0 Å². The molecule has 41 heavy (non-hydrogen) atoms. The molecule has 0 atom stereocenters. The van der Waals surface area contributed by atoms with Gasteiger partial charge < -0.3 is 9.67 Å². The minimum Gasteiger partial charge on any atom is -0.508 e. The number of phenolic OH excluding ortho intramolecular Hbond substituents is 1. The largest absolute Gasteiger partial charge is 0.508 e. The first-order chi connectivity index (χ1) is 20.1. The topological polar surface area (TPSA) is 37.3 Å². The Hall–Kier alpha value is -4.91. The van der Waals surface area contributed by atoms with E-state index in [1.807, 2.05) is 12.1 Å². The number of phenols is 1. The molecule has 192 valence electrons. The summed E-state index contributed by atoms with van der Waals surface area (Å²) in [6.45, 7) is 0. The Morgan fingerprint density at radius 3 is 1.20 bits per heavy atom. The number of rotatable bonds is 3. The lowest BCUT2D eigenvalue weighted by Crippen LogP contribution is -2.26. The van der Waals surface area contributed by atoms with Crippen LogP contribution in [0.1, 0.15) is 0 Å². The summed E-state index contributed by atoms with van der Waals surface area (Å²) < 4.78 is 16.1. The fraction of sp³-hybridized carbons (Fsp3) is 0. The maximum atomic E-state index is 16.1. The van der Waals surface area contributed by atoms with Gasteiger partial charge in [-0.25, -0.2) is 0 Å². The van der Waals surface area contributed by atoms with E-state index >= 15 is 4.57 Å². The van der Waals surface area contributed by atoms with E-state index < -0.39 is 7.14 Å². The van der Waals surface area contributed by atoms with E-state index in [2.05, 4.69) is 109 Å². The minimum absolute atomic E-state index is 0.158. The van der Waals surface area contributed by atoms with Crippen molar-refractivity contribution in [3.8, 4) is 5.75 Å². The molecule has 9 rings (SSSR count). The van der Waals surface area contributed by atoms with E-state index in [4.69, 9.17) is 0 Å². The molecule has 0 amide bonds. The van der Waals surface area contributed by atoms with Gasteiger partial charge in [-0.3, -0.25) is 0 Å². The van der Waals surface area contributed by atoms with E-state index in [1.54, 1.807) is 12.1 Å². The molecule has 9 aromatic carbocycles. The summed E-state index contributed by atoms with van der Waals surface area (Å²) in [7, 11) is -3.42. The second kappa shape index (κ2) is 8.07. The van der Waals surface area contributed by atoms with Crippen LogP contribution in [0.5, 0.6) is 5.75 Å². The maximum absolute atomic E-state index is 16.1. The van der Waals surface area contributed by atoms with Gasteiger partial charge in [0.1, 0.15) is 5.75 Å². The van der Waals surface area contributed by atoms with E-state index in [0.717, 1.165) is 42.9 Å². The summed E-state index contributed by atoms with van der Waals surface area (Å²) in [6.07, 6.45) is 0. The second-order valence-corrected chi connectivity index (χ2v) is 13.7. The van der Waals surface area contributed by atoms with Crippen molar-refractivity contribution >= 4 is 87.7 Å². The number of hydrogen-bond acceptors (Lipinski definition) is 2. The molecule has 0 saturated heterocycles. The first-order valence-corrected chi connectivity index (χ1v) is 15.6. The Morgan fingerprint density at radius 1 is 0.390 bits per heavy atom. The van der Waals surface area contributed by atoms with Gasteiger partial charge in [-0.1, -0.05) is 97.1 Å². The summed E-state index contributed by atoms with van der Waals surface area (Å²) in [5.41, 5.74) is 0. The number of aromatic hydroxyl groups is 1.